The van der Waals surface area contributed by atoms with E-state index in [0.29, 0.717) is 31.6 Å². The van der Waals surface area contributed by atoms with Gasteiger partial charge in [-0.25, -0.2) is 4.79 Å². The Morgan fingerprint density at radius 2 is 1.49 bits per heavy atom. The zero-order chi connectivity index (χ0) is 44.1. The van der Waals surface area contributed by atoms with Crippen LogP contribution in [0.3, 0.4) is 0 Å². The molecule has 14 nitrogen and oxygen atoms in total. The minimum absolute atomic E-state index is 0.0361. The number of nitrogens with two attached hydrogens (primary N) is 1. The summed E-state index contributed by atoms with van der Waals surface area (Å²) in [5.41, 5.74) is 8.41. The lowest BCUT2D eigenvalue weighted by molar-refractivity contribution is -0.148. The molecule has 1 aliphatic heterocycles. The third-order valence-electron chi connectivity index (χ3n) is 11.6. The molecule has 2 aromatic carbocycles. The van der Waals surface area contributed by atoms with Crippen molar-refractivity contribution in [2.24, 2.45) is 23.7 Å². The molecule has 1 saturated heterocycles. The summed E-state index contributed by atoms with van der Waals surface area (Å²) in [6, 6.07) is 13.2. The summed E-state index contributed by atoms with van der Waals surface area (Å²) < 4.78 is 11.9. The topological polar surface area (TPSA) is 184 Å². The second-order valence-electron chi connectivity index (χ2n) is 17.1. The van der Waals surface area contributed by atoms with Crippen LogP contribution in [0.1, 0.15) is 78.9 Å². The number of ether oxygens (including phenoxy) is 2. The number of likely N-dealkylation sites (tertiary alicyclic amines) is 1. The highest BCUT2D eigenvalue weighted by atomic mass is 16.5. The lowest BCUT2D eigenvalue weighted by atomic mass is 9.91. The van der Waals surface area contributed by atoms with Gasteiger partial charge in [0.25, 0.3) is 0 Å². The number of carboxylic acid groups (broad SMARTS) is 1. The number of carbonyl (C=O) groups excluding carboxylic acids is 4. The van der Waals surface area contributed by atoms with E-state index in [2.05, 4.69) is 10.6 Å². The molecule has 5 N–H and O–H groups in total. The smallest absolute Gasteiger partial charge is 0.326 e. The fraction of sp³-hybridized carbons (Fsp3) is 0.622. The van der Waals surface area contributed by atoms with Gasteiger partial charge in [0.15, 0.2) is 0 Å². The predicted molar refractivity (Wildman–Crippen MR) is 229 cm³/mol. The molecule has 0 aromatic heterocycles. The van der Waals surface area contributed by atoms with Gasteiger partial charge < -0.3 is 40.7 Å². The third-order valence-corrected chi connectivity index (χ3v) is 11.6. The number of methoxy groups -OCH3 is 2. The number of nitrogens with one attached hydrogen (secondary N) is 2. The molecule has 59 heavy (non-hydrogen) atoms. The van der Waals surface area contributed by atoms with Gasteiger partial charge in [0.05, 0.1) is 42.7 Å². The van der Waals surface area contributed by atoms with E-state index >= 15 is 0 Å². The summed E-state index contributed by atoms with van der Waals surface area (Å²) >= 11 is 0. The number of amides is 4. The first-order valence-corrected chi connectivity index (χ1v) is 20.9. The second-order valence-corrected chi connectivity index (χ2v) is 17.1. The number of aliphatic carboxylic acids is 1. The number of rotatable bonds is 22. The standard InChI is InChI=1S/C45H70N6O8/c1-27(2)38(48-43(54)40(29(5)6)49(8)26-32-19-15-20-33(46)23-32)44(55)50(9)39(28(3)4)36(58-10)25-37(52)51-22-16-21-35(51)41(59-11)30(7)42(53)47-34(45(56)57)24-31-17-13-12-14-18-31/h12-15,17-20,23,27-30,34-36,38-41H,16,21-22,24-26,46H2,1-11H3,(H,47,53)(H,48,54)(H,56,57)/t30-,34+,35+,36-,38+,39+,40+,41-/m1/s1. The van der Waals surface area contributed by atoms with Gasteiger partial charge in [-0.15, -0.1) is 0 Å². The van der Waals surface area contributed by atoms with Crippen LogP contribution in [0.5, 0.6) is 0 Å². The van der Waals surface area contributed by atoms with Gasteiger partial charge in [-0.3, -0.25) is 24.1 Å². The van der Waals surface area contributed by atoms with Gasteiger partial charge in [0.1, 0.15) is 12.1 Å². The molecule has 0 bridgehead atoms. The minimum Gasteiger partial charge on any atom is -0.480 e. The molecule has 1 aliphatic rings. The number of carbonyl (C=O) groups is 5. The monoisotopic (exact) mass is 823 g/mol. The Labute approximate surface area is 351 Å². The number of carboxylic acids is 1. The molecule has 14 heteroatoms. The van der Waals surface area contributed by atoms with Crippen molar-refractivity contribution in [3.8, 4) is 0 Å². The largest absolute Gasteiger partial charge is 0.480 e. The highest BCUT2D eigenvalue weighted by Gasteiger charge is 2.43. The first kappa shape index (κ1) is 48.8. The second kappa shape index (κ2) is 22.7. The predicted octanol–water partition coefficient (Wildman–Crippen LogP) is 4.21. The van der Waals surface area contributed by atoms with E-state index in [0.717, 1.165) is 11.1 Å². The summed E-state index contributed by atoms with van der Waals surface area (Å²) in [5, 5.41) is 15.7. The van der Waals surface area contributed by atoms with Crippen LogP contribution in [-0.2, 0) is 46.4 Å². The SMILES string of the molecule is CO[C@H]([C@@H](C)C(=O)N[C@@H](Cc1ccccc1)C(=O)O)[C@@H]1CCCN1C(=O)C[C@@H](OC)[C@H](C(C)C)N(C)C(=O)[C@@H](NC(=O)[C@H](C(C)C)N(C)Cc1cccc(N)c1)C(C)C. The van der Waals surface area contributed by atoms with Gasteiger partial charge in [0, 0.05) is 46.5 Å². The van der Waals surface area contributed by atoms with E-state index in [1.165, 1.54) is 14.2 Å². The molecule has 0 radical (unpaired) electrons. The van der Waals surface area contributed by atoms with E-state index in [9.17, 15) is 29.1 Å². The molecule has 2 aromatic rings. The quantitative estimate of drug-likeness (QED) is 0.126. The maximum atomic E-state index is 14.4. The summed E-state index contributed by atoms with van der Waals surface area (Å²) in [6.45, 7) is 14.3. The van der Waals surface area contributed by atoms with E-state index in [4.69, 9.17) is 15.2 Å². The van der Waals surface area contributed by atoms with Crippen LogP contribution in [0.15, 0.2) is 54.6 Å². The van der Waals surface area contributed by atoms with Crippen LogP contribution < -0.4 is 16.4 Å². The van der Waals surface area contributed by atoms with Crippen LogP contribution >= 0.6 is 0 Å². The Balaban J connectivity index is 1.75. The van der Waals surface area contributed by atoms with Crippen molar-refractivity contribution in [3.05, 3.63) is 65.7 Å². The lowest BCUT2D eigenvalue weighted by Crippen LogP contribution is -2.59. The molecule has 3 rings (SSSR count). The zero-order valence-corrected chi connectivity index (χ0v) is 37.0. The number of nitrogens with zero attached hydrogens (tertiary/aromatic N) is 3. The van der Waals surface area contributed by atoms with E-state index in [-0.39, 0.29) is 48.3 Å². The van der Waals surface area contributed by atoms with Gasteiger partial charge in [-0.1, -0.05) is 90.9 Å². The van der Waals surface area contributed by atoms with E-state index < -0.39 is 60.2 Å². The highest BCUT2D eigenvalue weighted by Crippen LogP contribution is 2.29. The van der Waals surface area contributed by atoms with Crippen molar-refractivity contribution in [1.29, 1.82) is 0 Å². The molecule has 1 heterocycles. The minimum atomic E-state index is -1.14. The van der Waals surface area contributed by atoms with Crippen molar-refractivity contribution < 1.29 is 38.6 Å². The summed E-state index contributed by atoms with van der Waals surface area (Å²) in [7, 11) is 6.60. The Bertz CT molecular complexity index is 1690. The van der Waals surface area contributed by atoms with Crippen molar-refractivity contribution in [3.63, 3.8) is 0 Å². The normalized spacial score (nSPS) is 17.9. The summed E-state index contributed by atoms with van der Waals surface area (Å²) in [4.78, 5) is 73.5. The molecule has 0 saturated carbocycles. The zero-order valence-electron chi connectivity index (χ0n) is 37.0. The van der Waals surface area contributed by atoms with Crippen LogP contribution in [0.2, 0.25) is 0 Å². The highest BCUT2D eigenvalue weighted by molar-refractivity contribution is 5.90. The number of benzene rings is 2. The molecule has 4 amide bonds. The summed E-state index contributed by atoms with van der Waals surface area (Å²) in [6.07, 6.45) is -0.0103. The van der Waals surface area contributed by atoms with Gasteiger partial charge in [-0.05, 0) is 60.9 Å². The molecule has 0 aliphatic carbocycles. The first-order chi connectivity index (χ1) is 27.8. The molecule has 0 spiro atoms. The number of anilines is 1. The maximum absolute atomic E-state index is 14.4. The van der Waals surface area contributed by atoms with Crippen molar-refractivity contribution in [2.45, 2.75) is 123 Å². The van der Waals surface area contributed by atoms with Crippen molar-refractivity contribution in [2.75, 3.05) is 40.6 Å². The molecule has 328 valence electrons. The molecular formula is C45H70N6O8. The van der Waals surface area contributed by atoms with Crippen molar-refractivity contribution >= 4 is 35.3 Å². The Morgan fingerprint density at radius 3 is 2.03 bits per heavy atom. The Kier molecular flexibility index (Phi) is 18.8. The fourth-order valence-electron chi connectivity index (χ4n) is 8.61. The summed E-state index contributed by atoms with van der Waals surface area (Å²) in [5.74, 6) is -3.55. The Morgan fingerprint density at radius 1 is 0.847 bits per heavy atom. The van der Waals surface area contributed by atoms with Crippen LogP contribution in [0.25, 0.3) is 0 Å². The van der Waals surface area contributed by atoms with Gasteiger partial charge in [-0.2, -0.15) is 0 Å². The average Bonchev–Trinajstić information content (AvgIpc) is 3.66. The molecular weight excluding hydrogens is 753 g/mol. The van der Waals surface area contributed by atoms with E-state index in [1.54, 1.807) is 23.8 Å². The van der Waals surface area contributed by atoms with Crippen LogP contribution in [0, 0.1) is 23.7 Å². The first-order valence-electron chi connectivity index (χ1n) is 20.9. The number of likely N-dealkylation sites (N-methyl/N-ethyl adjacent to an activating group) is 2. The molecule has 0 unspecified atom stereocenters. The lowest BCUT2D eigenvalue weighted by Gasteiger charge is -2.40. The third kappa shape index (κ3) is 13.2. The Hall–Kier alpha value is -4.53. The van der Waals surface area contributed by atoms with Gasteiger partial charge >= 0.3 is 5.97 Å². The fourth-order valence-corrected chi connectivity index (χ4v) is 8.61. The molecule has 1 fully saturated rings. The van der Waals surface area contributed by atoms with Crippen molar-refractivity contribution in [1.82, 2.24) is 25.3 Å². The molecule has 8 atom stereocenters. The van der Waals surface area contributed by atoms with E-state index in [1.807, 2.05) is 108 Å². The number of hydrogen-bond acceptors (Lipinski definition) is 9. The van der Waals surface area contributed by atoms with Crippen LogP contribution in [0.4, 0.5) is 5.69 Å². The number of nitrogen functional groups attached to an aromatic ring is 1. The average molecular weight is 823 g/mol. The number of hydrogen-bond donors (Lipinski definition) is 4. The van der Waals surface area contributed by atoms with Gasteiger partial charge in [0.2, 0.25) is 23.6 Å². The van der Waals surface area contributed by atoms with Crippen LogP contribution in [-0.4, -0.2) is 127 Å². The maximum Gasteiger partial charge on any atom is 0.326 e.